The van der Waals surface area contributed by atoms with E-state index in [1.54, 1.807) is 0 Å². The summed E-state index contributed by atoms with van der Waals surface area (Å²) in [6.07, 6.45) is 7.56. The molecule has 344 valence electrons. The third-order valence-corrected chi connectivity index (χ3v) is 22.1. The molecule has 0 N–H and O–H groups in total. The van der Waals surface area contributed by atoms with Crippen molar-refractivity contribution in [3.63, 3.8) is 0 Å². The SMILES string of the molecule is CC1(C)c2ccccc2C(C)(C)c2cc3c(cc21)c1ccccc1c1cc2c(cc13)C(C)(C)C1C=C(c3cccc([Si](c4ccccc4)(c4ccccc4)c4ccccc4)c3)C=CC1N2c1ccccc1. The maximum atomic E-state index is 2.65. The number of benzene rings is 10. The molecule has 10 aromatic rings. The van der Waals surface area contributed by atoms with Gasteiger partial charge in [0.05, 0.1) is 6.04 Å². The minimum absolute atomic E-state index is 0.109. The molecular formula is C69H59NSi. The Hall–Kier alpha value is -7.52. The molecule has 0 amide bonds. The highest BCUT2D eigenvalue weighted by molar-refractivity contribution is 7.19. The van der Waals surface area contributed by atoms with Crippen LogP contribution in [0.2, 0.25) is 0 Å². The van der Waals surface area contributed by atoms with Crippen LogP contribution >= 0.6 is 0 Å². The molecule has 2 aliphatic carbocycles. The predicted molar refractivity (Wildman–Crippen MR) is 306 cm³/mol. The fourth-order valence-corrected chi connectivity index (χ4v) is 18.4. The zero-order valence-corrected chi connectivity index (χ0v) is 42.6. The maximum Gasteiger partial charge on any atom is 0.179 e. The highest BCUT2D eigenvalue weighted by atomic mass is 28.3. The van der Waals surface area contributed by atoms with Crippen LogP contribution in [-0.2, 0) is 16.2 Å². The lowest BCUT2D eigenvalue weighted by Crippen LogP contribution is -2.74. The Morgan fingerprint density at radius 1 is 0.380 bits per heavy atom. The molecule has 0 spiro atoms. The number of hydrogen-bond donors (Lipinski definition) is 0. The molecule has 0 radical (unpaired) electrons. The molecule has 0 bridgehead atoms. The minimum Gasteiger partial charge on any atom is -0.334 e. The van der Waals surface area contributed by atoms with Crippen LogP contribution in [0.15, 0.2) is 237 Å². The van der Waals surface area contributed by atoms with Gasteiger partial charge in [0, 0.05) is 33.5 Å². The normalized spacial score (nSPS) is 18.3. The molecular weight excluding hydrogens is 871 g/mol. The second-order valence-corrected chi connectivity index (χ2v) is 25.9. The minimum atomic E-state index is -2.73. The molecule has 0 saturated heterocycles. The summed E-state index contributed by atoms with van der Waals surface area (Å²) < 4.78 is 0. The molecule has 0 fully saturated rings. The van der Waals surface area contributed by atoms with Crippen LogP contribution in [0, 0.1) is 5.92 Å². The molecule has 2 unspecified atom stereocenters. The van der Waals surface area contributed by atoms with Gasteiger partial charge in [-0.3, -0.25) is 0 Å². The lowest BCUT2D eigenvalue weighted by atomic mass is 9.59. The van der Waals surface area contributed by atoms with E-state index in [1.807, 2.05) is 0 Å². The van der Waals surface area contributed by atoms with Crippen molar-refractivity contribution in [2.45, 2.75) is 63.8 Å². The van der Waals surface area contributed by atoms with Gasteiger partial charge in [0.15, 0.2) is 8.07 Å². The molecule has 71 heavy (non-hydrogen) atoms. The van der Waals surface area contributed by atoms with E-state index in [0.717, 1.165) is 0 Å². The monoisotopic (exact) mass is 929 g/mol. The van der Waals surface area contributed by atoms with Crippen LogP contribution < -0.4 is 25.6 Å². The van der Waals surface area contributed by atoms with Crippen LogP contribution in [0.1, 0.15) is 74.9 Å². The topological polar surface area (TPSA) is 3.24 Å². The summed E-state index contributed by atoms with van der Waals surface area (Å²) in [5.41, 5.74) is 11.6. The Kier molecular flexibility index (Phi) is 9.80. The fraction of sp³-hybridized carbons (Fsp3) is 0.159. The molecule has 13 rings (SSSR count). The molecule has 2 atom stereocenters. The number of fused-ring (bicyclic) bond motifs is 10. The van der Waals surface area contributed by atoms with E-state index >= 15 is 0 Å². The van der Waals surface area contributed by atoms with Crippen molar-refractivity contribution >= 4 is 78.1 Å². The number of nitrogens with zero attached hydrogens (tertiary/aromatic N) is 1. The quantitative estimate of drug-likeness (QED) is 0.0912. The Balaban J connectivity index is 1.02. The Morgan fingerprint density at radius 3 is 1.35 bits per heavy atom. The average Bonchev–Trinajstić information content (AvgIpc) is 3.41. The standard InChI is InChI=1S/C69H59NSi/c1-67(2)59-36-21-22-37-60(59)68(3,4)62-43-56-55(42-61(62)67)53-34-19-20-35-54(53)58-45-66-64(44-57(56)58)69(5,6)63-41-47(38-39-65(63)70(66)48-25-11-7-12-26-48)46-24-23-33-52(40-46)71(49-27-13-8-14-28-49,50-29-15-9-16-30-50)51-31-17-10-18-32-51/h7-45,63,65H,1-6H3. The van der Waals surface area contributed by atoms with Crippen LogP contribution in [-0.4, -0.2) is 14.1 Å². The van der Waals surface area contributed by atoms with Crippen molar-refractivity contribution in [2.24, 2.45) is 5.92 Å². The highest BCUT2D eigenvalue weighted by Gasteiger charge is 2.47. The van der Waals surface area contributed by atoms with E-state index < -0.39 is 8.07 Å². The van der Waals surface area contributed by atoms with Crippen molar-refractivity contribution in [3.05, 3.63) is 270 Å². The van der Waals surface area contributed by atoms with Crippen molar-refractivity contribution in [1.29, 1.82) is 0 Å². The number of rotatable bonds is 6. The van der Waals surface area contributed by atoms with E-state index in [0.29, 0.717) is 0 Å². The van der Waals surface area contributed by atoms with Crippen LogP contribution in [0.25, 0.3) is 37.9 Å². The third-order valence-electron chi connectivity index (χ3n) is 17.3. The molecule has 1 nitrogen and oxygen atoms in total. The van der Waals surface area contributed by atoms with Gasteiger partial charge in [0.25, 0.3) is 0 Å². The summed E-state index contributed by atoms with van der Waals surface area (Å²) in [7, 11) is -2.73. The second kappa shape index (κ2) is 16.0. The summed E-state index contributed by atoms with van der Waals surface area (Å²) in [6, 6.07) is 83.3. The molecule has 1 aliphatic heterocycles. The van der Waals surface area contributed by atoms with E-state index in [9.17, 15) is 0 Å². The lowest BCUT2D eigenvalue weighted by Gasteiger charge is -2.51. The van der Waals surface area contributed by atoms with Gasteiger partial charge in [0.1, 0.15) is 0 Å². The fourth-order valence-electron chi connectivity index (χ4n) is 13.6. The van der Waals surface area contributed by atoms with E-state index in [2.05, 4.69) is 283 Å². The third kappa shape index (κ3) is 6.36. The van der Waals surface area contributed by atoms with Crippen molar-refractivity contribution in [3.8, 4) is 0 Å². The first-order valence-corrected chi connectivity index (χ1v) is 27.6. The summed E-state index contributed by atoms with van der Waals surface area (Å²) in [4.78, 5) is 2.65. The van der Waals surface area contributed by atoms with Gasteiger partial charge in [0.2, 0.25) is 0 Å². The number of anilines is 2. The second-order valence-electron chi connectivity index (χ2n) is 22.1. The molecule has 10 aromatic carbocycles. The van der Waals surface area contributed by atoms with Crippen molar-refractivity contribution in [2.75, 3.05) is 4.90 Å². The molecule has 0 aromatic heterocycles. The largest absolute Gasteiger partial charge is 0.334 e. The van der Waals surface area contributed by atoms with E-state index in [4.69, 9.17) is 0 Å². The van der Waals surface area contributed by atoms with Gasteiger partial charge >= 0.3 is 0 Å². The number of para-hydroxylation sites is 1. The van der Waals surface area contributed by atoms with Gasteiger partial charge in [-0.2, -0.15) is 0 Å². The van der Waals surface area contributed by atoms with Crippen LogP contribution in [0.5, 0.6) is 0 Å². The first kappa shape index (κ1) is 43.5. The zero-order chi connectivity index (χ0) is 48.3. The van der Waals surface area contributed by atoms with Gasteiger partial charge < -0.3 is 4.90 Å². The van der Waals surface area contributed by atoms with Gasteiger partial charge in [-0.15, -0.1) is 0 Å². The van der Waals surface area contributed by atoms with E-state index in [1.165, 1.54) is 103 Å². The summed E-state index contributed by atoms with van der Waals surface area (Å²) in [5, 5.41) is 13.5. The predicted octanol–water partition coefficient (Wildman–Crippen LogP) is 14.6. The smallest absolute Gasteiger partial charge is 0.179 e. The van der Waals surface area contributed by atoms with Crippen LogP contribution in [0.3, 0.4) is 0 Å². The average molecular weight is 930 g/mol. The zero-order valence-electron chi connectivity index (χ0n) is 41.6. The first-order chi connectivity index (χ1) is 34.5. The van der Waals surface area contributed by atoms with Gasteiger partial charge in [-0.1, -0.05) is 242 Å². The summed E-state index contributed by atoms with van der Waals surface area (Å²) in [6.45, 7) is 14.7. The van der Waals surface area contributed by atoms with Gasteiger partial charge in [-0.25, -0.2) is 0 Å². The van der Waals surface area contributed by atoms with Crippen LogP contribution in [0.4, 0.5) is 11.4 Å². The Labute approximate surface area is 420 Å². The summed E-state index contributed by atoms with van der Waals surface area (Å²) in [5.74, 6) is 0.173. The van der Waals surface area contributed by atoms with E-state index in [-0.39, 0.29) is 28.2 Å². The van der Waals surface area contributed by atoms with Gasteiger partial charge in [-0.05, 0) is 128 Å². The number of allylic oxidation sites excluding steroid dienone is 2. The number of hydrogen-bond acceptors (Lipinski definition) is 1. The molecule has 2 heteroatoms. The highest BCUT2D eigenvalue weighted by Crippen LogP contribution is 2.56. The lowest BCUT2D eigenvalue weighted by molar-refractivity contribution is 0.333. The van der Waals surface area contributed by atoms with Crippen molar-refractivity contribution in [1.82, 2.24) is 0 Å². The molecule has 3 aliphatic rings. The first-order valence-electron chi connectivity index (χ1n) is 25.6. The summed E-state index contributed by atoms with van der Waals surface area (Å²) >= 11 is 0. The van der Waals surface area contributed by atoms with Crippen molar-refractivity contribution < 1.29 is 0 Å². The Bertz CT molecular complexity index is 3690. The maximum absolute atomic E-state index is 2.73. The Morgan fingerprint density at radius 2 is 0.817 bits per heavy atom. The molecule has 1 heterocycles. The molecule has 0 saturated carbocycles.